The number of thiazole rings is 2. The van der Waals surface area contributed by atoms with Crippen molar-refractivity contribution in [2.75, 3.05) is 7.11 Å². The minimum absolute atomic E-state index is 0.198. The highest BCUT2D eigenvalue weighted by Crippen LogP contribution is 2.33. The van der Waals surface area contributed by atoms with Crippen LogP contribution in [0.25, 0.3) is 10.2 Å². The number of benzene rings is 1. The quantitative estimate of drug-likeness (QED) is 0.546. The molecule has 106 valence electrons. The molecule has 0 N–H and O–H groups in total. The van der Waals surface area contributed by atoms with E-state index in [-0.39, 0.29) is 10.6 Å². The van der Waals surface area contributed by atoms with Crippen LogP contribution < -0.4 is 4.74 Å². The zero-order valence-electron chi connectivity index (χ0n) is 11.2. The Kier molecular flexibility index (Phi) is 3.52. The number of hydrogen-bond donors (Lipinski definition) is 0. The average Bonchev–Trinajstić information content (AvgIpc) is 3.12. The third kappa shape index (κ3) is 2.34. The summed E-state index contributed by atoms with van der Waals surface area (Å²) in [6.07, 6.45) is 0. The molecule has 0 aliphatic rings. The van der Waals surface area contributed by atoms with E-state index in [0.717, 1.165) is 15.9 Å². The summed E-state index contributed by atoms with van der Waals surface area (Å²) in [5.74, 6) is -0.839. The van der Waals surface area contributed by atoms with Gasteiger partial charge in [0.1, 0.15) is 5.75 Å². The maximum Gasteiger partial charge on any atom is 0.262 e. The highest BCUT2D eigenvalue weighted by Gasteiger charge is 2.25. The number of carbonyl (C=O) groups excluding carboxylic acids is 2. The van der Waals surface area contributed by atoms with Gasteiger partial charge in [-0.05, 0) is 19.1 Å². The lowest BCUT2D eigenvalue weighted by atomic mass is 10.1. The van der Waals surface area contributed by atoms with Crippen molar-refractivity contribution in [1.29, 1.82) is 0 Å². The molecule has 0 spiro atoms. The Morgan fingerprint density at radius 2 is 2.00 bits per heavy atom. The van der Waals surface area contributed by atoms with Crippen molar-refractivity contribution in [1.82, 2.24) is 9.97 Å². The van der Waals surface area contributed by atoms with E-state index in [2.05, 4.69) is 9.97 Å². The van der Waals surface area contributed by atoms with Gasteiger partial charge in [0.25, 0.3) is 5.78 Å². The van der Waals surface area contributed by atoms with Crippen LogP contribution in [0.4, 0.5) is 0 Å². The van der Waals surface area contributed by atoms with Gasteiger partial charge in [0, 0.05) is 11.1 Å². The third-order valence-electron chi connectivity index (χ3n) is 2.92. The molecular weight excluding hydrogens is 308 g/mol. The SMILES string of the molecule is COc1c(C(=O)C(=O)c2nc(C)cs2)ccc2ncsc12. The minimum atomic E-state index is -0.615. The molecule has 1 aromatic carbocycles. The highest BCUT2D eigenvalue weighted by molar-refractivity contribution is 7.17. The fourth-order valence-electron chi connectivity index (χ4n) is 1.96. The molecule has 3 rings (SSSR count). The number of methoxy groups -OCH3 is 1. The molecule has 0 atom stereocenters. The van der Waals surface area contributed by atoms with Gasteiger partial charge < -0.3 is 4.74 Å². The Labute approximate surface area is 128 Å². The van der Waals surface area contributed by atoms with E-state index in [1.165, 1.54) is 29.8 Å². The third-order valence-corrected chi connectivity index (χ3v) is 4.72. The van der Waals surface area contributed by atoms with Crippen molar-refractivity contribution in [3.63, 3.8) is 0 Å². The second-order valence-corrected chi connectivity index (χ2v) is 6.01. The van der Waals surface area contributed by atoms with Crippen LogP contribution >= 0.6 is 22.7 Å². The first-order valence-corrected chi connectivity index (χ1v) is 7.79. The summed E-state index contributed by atoms with van der Waals surface area (Å²) < 4.78 is 6.07. The van der Waals surface area contributed by atoms with Gasteiger partial charge in [-0.1, -0.05) is 0 Å². The molecule has 0 fully saturated rings. The highest BCUT2D eigenvalue weighted by atomic mass is 32.1. The molecule has 3 aromatic rings. The van der Waals surface area contributed by atoms with Crippen molar-refractivity contribution in [2.45, 2.75) is 6.92 Å². The van der Waals surface area contributed by atoms with Gasteiger partial charge in [-0.25, -0.2) is 9.97 Å². The second-order valence-electron chi connectivity index (χ2n) is 4.30. The van der Waals surface area contributed by atoms with Gasteiger partial charge in [0.05, 0.1) is 28.4 Å². The Morgan fingerprint density at radius 1 is 1.19 bits per heavy atom. The molecule has 0 amide bonds. The molecule has 2 heterocycles. The standard InChI is InChI=1S/C14H10N2O3S2/c1-7-5-20-14(16-7)11(18)10(17)8-3-4-9-13(12(8)19-2)21-6-15-9/h3-6H,1-2H3. The topological polar surface area (TPSA) is 69.2 Å². The van der Waals surface area contributed by atoms with E-state index >= 15 is 0 Å². The number of nitrogens with zero attached hydrogens (tertiary/aromatic N) is 2. The number of aryl methyl sites for hydroxylation is 1. The van der Waals surface area contributed by atoms with Crippen LogP contribution in [0.5, 0.6) is 5.75 Å². The van der Waals surface area contributed by atoms with Crippen LogP contribution in [0.15, 0.2) is 23.0 Å². The van der Waals surface area contributed by atoms with E-state index in [1.54, 1.807) is 29.9 Å². The minimum Gasteiger partial charge on any atom is -0.494 e. The van der Waals surface area contributed by atoms with Gasteiger partial charge in [0.15, 0.2) is 5.01 Å². The molecule has 2 aromatic heterocycles. The molecule has 7 heteroatoms. The van der Waals surface area contributed by atoms with E-state index in [9.17, 15) is 9.59 Å². The number of carbonyl (C=O) groups is 2. The monoisotopic (exact) mass is 318 g/mol. The lowest BCUT2D eigenvalue weighted by molar-refractivity contribution is 0.0815. The van der Waals surface area contributed by atoms with E-state index in [4.69, 9.17) is 4.74 Å². The fraction of sp³-hybridized carbons (Fsp3) is 0.143. The average molecular weight is 318 g/mol. The Balaban J connectivity index is 2.07. The molecule has 0 unspecified atom stereocenters. The van der Waals surface area contributed by atoms with Crippen molar-refractivity contribution in [3.05, 3.63) is 39.3 Å². The predicted octanol–water partition coefficient (Wildman–Crippen LogP) is 3.14. The van der Waals surface area contributed by atoms with Crippen molar-refractivity contribution in [2.24, 2.45) is 0 Å². The molecule has 0 aliphatic carbocycles. The Hall–Kier alpha value is -2.12. The molecule has 0 radical (unpaired) electrons. The molecule has 5 nitrogen and oxygen atoms in total. The summed E-state index contributed by atoms with van der Waals surface area (Å²) in [5, 5.41) is 1.94. The Bertz CT molecular complexity index is 851. The van der Waals surface area contributed by atoms with Crippen LogP contribution in [0.3, 0.4) is 0 Å². The van der Waals surface area contributed by atoms with E-state index < -0.39 is 11.6 Å². The number of ether oxygens (including phenoxy) is 1. The summed E-state index contributed by atoms with van der Waals surface area (Å²) in [4.78, 5) is 32.9. The molecule has 0 saturated heterocycles. The Morgan fingerprint density at radius 3 is 2.67 bits per heavy atom. The smallest absolute Gasteiger partial charge is 0.262 e. The predicted molar refractivity (Wildman–Crippen MR) is 81.7 cm³/mol. The lowest BCUT2D eigenvalue weighted by Crippen LogP contribution is -2.15. The van der Waals surface area contributed by atoms with Crippen LogP contribution in [0.2, 0.25) is 0 Å². The largest absolute Gasteiger partial charge is 0.494 e. The molecule has 0 saturated carbocycles. The lowest BCUT2D eigenvalue weighted by Gasteiger charge is -2.07. The second kappa shape index (κ2) is 5.34. The fourth-order valence-corrected chi connectivity index (χ4v) is 3.51. The number of rotatable bonds is 4. The van der Waals surface area contributed by atoms with Gasteiger partial charge >= 0.3 is 0 Å². The number of Topliss-reactive ketones (excluding diaryl/α,β-unsaturated/α-hetero) is 2. The summed E-state index contributed by atoms with van der Waals surface area (Å²) in [6.45, 7) is 1.78. The van der Waals surface area contributed by atoms with Crippen LogP contribution in [0, 0.1) is 6.92 Å². The van der Waals surface area contributed by atoms with Gasteiger partial charge in [0.2, 0.25) is 5.78 Å². The molecule has 21 heavy (non-hydrogen) atoms. The normalized spacial score (nSPS) is 10.8. The summed E-state index contributed by atoms with van der Waals surface area (Å²) >= 11 is 2.54. The first kappa shape index (κ1) is 13.8. The van der Waals surface area contributed by atoms with Crippen molar-refractivity contribution in [3.8, 4) is 5.75 Å². The molecular formula is C14H10N2O3S2. The number of ketones is 2. The van der Waals surface area contributed by atoms with E-state index in [1.807, 2.05) is 0 Å². The first-order chi connectivity index (χ1) is 10.1. The summed E-state index contributed by atoms with van der Waals surface area (Å²) in [6, 6.07) is 3.28. The molecule has 0 bridgehead atoms. The molecule has 0 aliphatic heterocycles. The number of aromatic nitrogens is 2. The number of fused-ring (bicyclic) bond motifs is 1. The van der Waals surface area contributed by atoms with Gasteiger partial charge in [-0.15, -0.1) is 22.7 Å². The van der Waals surface area contributed by atoms with Crippen LogP contribution in [-0.2, 0) is 0 Å². The van der Waals surface area contributed by atoms with Crippen molar-refractivity contribution < 1.29 is 14.3 Å². The van der Waals surface area contributed by atoms with Crippen LogP contribution in [-0.4, -0.2) is 28.6 Å². The van der Waals surface area contributed by atoms with Gasteiger partial charge in [-0.3, -0.25) is 9.59 Å². The zero-order chi connectivity index (χ0) is 15.0. The summed E-state index contributed by atoms with van der Waals surface area (Å²) in [5.41, 5.74) is 3.38. The maximum atomic E-state index is 12.4. The van der Waals surface area contributed by atoms with E-state index in [0.29, 0.717) is 5.75 Å². The summed E-state index contributed by atoms with van der Waals surface area (Å²) in [7, 11) is 1.48. The number of hydrogen-bond acceptors (Lipinski definition) is 7. The van der Waals surface area contributed by atoms with Gasteiger partial charge in [-0.2, -0.15) is 0 Å². The first-order valence-electron chi connectivity index (χ1n) is 6.03. The van der Waals surface area contributed by atoms with Crippen LogP contribution in [0.1, 0.15) is 25.9 Å². The zero-order valence-corrected chi connectivity index (χ0v) is 12.9. The van der Waals surface area contributed by atoms with Crippen molar-refractivity contribution >= 4 is 44.5 Å². The maximum absolute atomic E-state index is 12.4.